The summed E-state index contributed by atoms with van der Waals surface area (Å²) >= 11 is 6.34. The van der Waals surface area contributed by atoms with E-state index in [2.05, 4.69) is 10.6 Å². The van der Waals surface area contributed by atoms with Crippen LogP contribution in [0.1, 0.15) is 51.0 Å². The molecule has 0 radical (unpaired) electrons. The Labute approximate surface area is 150 Å². The number of anilines is 1. The van der Waals surface area contributed by atoms with Gasteiger partial charge in [-0.05, 0) is 31.4 Å². The van der Waals surface area contributed by atoms with Crippen LogP contribution in [0.5, 0.6) is 0 Å². The minimum Gasteiger partial charge on any atom is -0.322 e. The highest BCUT2D eigenvalue weighted by atomic mass is 35.5. The van der Waals surface area contributed by atoms with E-state index in [-0.39, 0.29) is 16.8 Å². The van der Waals surface area contributed by atoms with Gasteiger partial charge in [0, 0.05) is 12.1 Å². The highest BCUT2D eigenvalue weighted by Crippen LogP contribution is 2.50. The molecule has 1 unspecified atom stereocenters. The molecule has 5 nitrogen and oxygen atoms in total. The summed E-state index contributed by atoms with van der Waals surface area (Å²) in [6.07, 6.45) is 5.10. The van der Waals surface area contributed by atoms with Crippen LogP contribution in [0, 0.1) is 5.82 Å². The summed E-state index contributed by atoms with van der Waals surface area (Å²) < 4.78 is 13.8. The number of nitrogens with zero attached hydrogens (tertiary/aromatic N) is 1. The van der Waals surface area contributed by atoms with Gasteiger partial charge < -0.3 is 10.2 Å². The lowest BCUT2D eigenvalue weighted by atomic mass is 9.81. The molecule has 1 atom stereocenters. The van der Waals surface area contributed by atoms with Gasteiger partial charge >= 0.3 is 0 Å². The van der Waals surface area contributed by atoms with Gasteiger partial charge in [0.2, 0.25) is 11.6 Å². The average molecular weight is 366 g/mol. The van der Waals surface area contributed by atoms with Crippen molar-refractivity contribution < 1.29 is 14.0 Å². The van der Waals surface area contributed by atoms with Crippen molar-refractivity contribution in [3.63, 3.8) is 0 Å². The van der Waals surface area contributed by atoms with Crippen LogP contribution >= 0.6 is 11.6 Å². The molecular weight excluding hydrogens is 345 g/mol. The zero-order chi connectivity index (χ0) is 17.8. The summed E-state index contributed by atoms with van der Waals surface area (Å²) in [5, 5.41) is 6.27. The van der Waals surface area contributed by atoms with E-state index in [4.69, 9.17) is 11.6 Å². The van der Waals surface area contributed by atoms with Crippen LogP contribution in [0.15, 0.2) is 12.1 Å². The van der Waals surface area contributed by atoms with Crippen LogP contribution in [0.3, 0.4) is 0 Å². The molecule has 0 aromatic heterocycles. The molecule has 1 aromatic rings. The van der Waals surface area contributed by atoms with Gasteiger partial charge in [-0.15, -0.1) is 0 Å². The number of hydrogen-bond acceptors (Lipinski definition) is 3. The Morgan fingerprint density at radius 2 is 1.96 bits per heavy atom. The second-order valence-corrected chi connectivity index (χ2v) is 7.61. The molecular formula is C18H21ClFN3O2. The van der Waals surface area contributed by atoms with E-state index in [0.717, 1.165) is 19.3 Å². The molecule has 3 aliphatic rings. The van der Waals surface area contributed by atoms with E-state index in [1.807, 2.05) is 6.92 Å². The zero-order valence-corrected chi connectivity index (χ0v) is 14.9. The van der Waals surface area contributed by atoms with Crippen LogP contribution in [-0.2, 0) is 15.3 Å². The van der Waals surface area contributed by atoms with Gasteiger partial charge in [-0.3, -0.25) is 14.9 Å². The normalized spacial score (nSPS) is 27.2. The fourth-order valence-corrected chi connectivity index (χ4v) is 4.95. The van der Waals surface area contributed by atoms with Crippen LogP contribution in [0.25, 0.3) is 0 Å². The summed E-state index contributed by atoms with van der Waals surface area (Å²) in [6, 6.07) is 2.46. The highest BCUT2D eigenvalue weighted by Gasteiger charge is 2.66. The Bertz CT molecular complexity index is 763. The second-order valence-electron chi connectivity index (χ2n) is 7.20. The summed E-state index contributed by atoms with van der Waals surface area (Å²) in [6.45, 7) is 2.40. The maximum absolute atomic E-state index is 13.8. The Morgan fingerprint density at radius 3 is 2.64 bits per heavy atom. The van der Waals surface area contributed by atoms with Gasteiger partial charge in [-0.2, -0.15) is 0 Å². The van der Waals surface area contributed by atoms with Crippen molar-refractivity contribution in [2.75, 3.05) is 11.9 Å². The minimum atomic E-state index is -1.34. The number of carbonyl (C=O) groups is 2. The Balaban J connectivity index is 1.91. The van der Waals surface area contributed by atoms with Gasteiger partial charge in [-0.25, -0.2) is 4.39 Å². The SMILES string of the molecule is CCCN1C(=O)C2(CCCCC2)NC12C(=O)Nc1cc(F)cc(Cl)c12. The van der Waals surface area contributed by atoms with Crippen LogP contribution in [0.4, 0.5) is 10.1 Å². The highest BCUT2D eigenvalue weighted by molar-refractivity contribution is 6.33. The van der Waals surface area contributed by atoms with Gasteiger partial charge in [-0.1, -0.05) is 37.8 Å². The number of halogens is 2. The molecule has 25 heavy (non-hydrogen) atoms. The van der Waals surface area contributed by atoms with Crippen LogP contribution in [-0.4, -0.2) is 28.8 Å². The van der Waals surface area contributed by atoms with Crippen molar-refractivity contribution in [1.29, 1.82) is 0 Å². The zero-order valence-electron chi connectivity index (χ0n) is 14.1. The van der Waals surface area contributed by atoms with Crippen molar-refractivity contribution in [2.45, 2.75) is 56.7 Å². The summed E-state index contributed by atoms with van der Waals surface area (Å²) in [5.41, 5.74) is -1.27. The van der Waals surface area contributed by atoms with E-state index >= 15 is 0 Å². The average Bonchev–Trinajstić information content (AvgIpc) is 2.96. The lowest BCUT2D eigenvalue weighted by Gasteiger charge is -2.34. The molecule has 2 heterocycles. The second kappa shape index (κ2) is 5.68. The number of hydrogen-bond donors (Lipinski definition) is 2. The molecule has 2 N–H and O–H groups in total. The molecule has 2 spiro atoms. The van der Waals surface area contributed by atoms with Crippen molar-refractivity contribution >= 4 is 29.1 Å². The number of amides is 2. The molecule has 1 aliphatic carbocycles. The first kappa shape index (κ1) is 16.8. The Hall–Kier alpha value is -1.66. The van der Waals surface area contributed by atoms with Gasteiger partial charge in [0.05, 0.1) is 10.7 Å². The van der Waals surface area contributed by atoms with Gasteiger partial charge in [0.15, 0.2) is 0 Å². The number of rotatable bonds is 2. The third kappa shape index (κ3) is 2.16. The molecule has 0 bridgehead atoms. The molecule has 134 valence electrons. The summed E-state index contributed by atoms with van der Waals surface area (Å²) in [5.74, 6) is -0.920. The third-order valence-electron chi connectivity index (χ3n) is 5.63. The maximum Gasteiger partial charge on any atom is 0.270 e. The number of nitrogens with one attached hydrogen (secondary N) is 2. The Morgan fingerprint density at radius 1 is 1.24 bits per heavy atom. The molecule has 2 aliphatic heterocycles. The monoisotopic (exact) mass is 365 g/mol. The predicted octanol–water partition coefficient (Wildman–Crippen LogP) is 3.13. The maximum atomic E-state index is 13.8. The molecule has 2 fully saturated rings. The van der Waals surface area contributed by atoms with E-state index in [1.165, 1.54) is 12.1 Å². The fraction of sp³-hybridized carbons (Fsp3) is 0.556. The van der Waals surface area contributed by atoms with Crippen molar-refractivity contribution in [3.8, 4) is 0 Å². The molecule has 2 amide bonds. The van der Waals surface area contributed by atoms with E-state index < -0.39 is 17.0 Å². The summed E-state index contributed by atoms with van der Waals surface area (Å²) in [7, 11) is 0. The van der Waals surface area contributed by atoms with Crippen molar-refractivity contribution in [1.82, 2.24) is 10.2 Å². The minimum absolute atomic E-state index is 0.0440. The standard InChI is InChI=1S/C18H21ClFN3O2/c1-2-8-23-16(25)17(6-4-3-5-7-17)22-18(23)14-12(19)9-11(20)10-13(14)21-15(18)24/h9-10,22H,2-8H2,1H3,(H,21,24). The lowest BCUT2D eigenvalue weighted by molar-refractivity contribution is -0.141. The molecule has 1 saturated heterocycles. The first-order valence-electron chi connectivity index (χ1n) is 8.87. The van der Waals surface area contributed by atoms with Crippen LogP contribution < -0.4 is 10.6 Å². The van der Waals surface area contributed by atoms with E-state index in [0.29, 0.717) is 37.1 Å². The van der Waals surface area contributed by atoms with E-state index in [9.17, 15) is 14.0 Å². The fourth-order valence-electron chi connectivity index (χ4n) is 4.61. The third-order valence-corrected chi connectivity index (χ3v) is 5.93. The van der Waals surface area contributed by atoms with Crippen molar-refractivity contribution in [3.05, 3.63) is 28.5 Å². The lowest BCUT2D eigenvalue weighted by Crippen LogP contribution is -2.57. The largest absolute Gasteiger partial charge is 0.322 e. The molecule has 1 aromatic carbocycles. The first-order valence-corrected chi connectivity index (χ1v) is 9.25. The number of carbonyl (C=O) groups excluding carboxylic acids is 2. The molecule has 4 rings (SSSR count). The molecule has 1 saturated carbocycles. The predicted molar refractivity (Wildman–Crippen MR) is 92.7 cm³/mol. The van der Waals surface area contributed by atoms with Crippen LogP contribution in [0.2, 0.25) is 5.02 Å². The van der Waals surface area contributed by atoms with Gasteiger partial charge in [0.1, 0.15) is 11.4 Å². The topological polar surface area (TPSA) is 61.4 Å². The number of benzene rings is 1. The molecule has 7 heteroatoms. The Kier molecular flexibility index (Phi) is 3.81. The number of fused-ring (bicyclic) bond motifs is 2. The quantitative estimate of drug-likeness (QED) is 0.846. The first-order chi connectivity index (χ1) is 11.9. The van der Waals surface area contributed by atoms with E-state index in [1.54, 1.807) is 4.90 Å². The van der Waals surface area contributed by atoms with Crippen molar-refractivity contribution in [2.24, 2.45) is 0 Å². The smallest absolute Gasteiger partial charge is 0.270 e. The van der Waals surface area contributed by atoms with Gasteiger partial charge in [0.25, 0.3) is 5.91 Å². The summed E-state index contributed by atoms with van der Waals surface area (Å²) in [4.78, 5) is 28.0.